The first-order valence-corrected chi connectivity index (χ1v) is 6.93. The lowest BCUT2D eigenvalue weighted by atomic mass is 10.0. The summed E-state index contributed by atoms with van der Waals surface area (Å²) in [4.78, 5) is 0. The molecule has 0 aliphatic carbocycles. The molecule has 0 aliphatic heterocycles. The molecule has 2 aromatic rings. The van der Waals surface area contributed by atoms with E-state index in [1.165, 1.54) is 7.11 Å². The van der Waals surface area contributed by atoms with Gasteiger partial charge in [0.25, 0.3) is 0 Å². The number of rotatable bonds is 7. The zero-order valence-corrected chi connectivity index (χ0v) is 12.3. The van der Waals surface area contributed by atoms with E-state index in [0.29, 0.717) is 18.6 Å². The van der Waals surface area contributed by atoms with E-state index in [4.69, 9.17) is 9.47 Å². The first-order chi connectivity index (χ1) is 10.3. The molecule has 0 saturated carbocycles. The molecule has 2 aromatic carbocycles. The third kappa shape index (κ3) is 3.95. The van der Waals surface area contributed by atoms with Crippen molar-refractivity contribution in [2.45, 2.75) is 12.5 Å². The largest absolute Gasteiger partial charge is 0.494 e. The maximum atomic E-state index is 14.3. The average molecular weight is 289 g/mol. The van der Waals surface area contributed by atoms with E-state index in [1.54, 1.807) is 18.2 Å². The number of para-hydroxylation sites is 1. The second-order valence-corrected chi connectivity index (χ2v) is 4.65. The highest BCUT2D eigenvalue weighted by Gasteiger charge is 2.17. The van der Waals surface area contributed by atoms with Gasteiger partial charge < -0.3 is 14.8 Å². The molecule has 1 unspecified atom stereocenters. The number of nitrogens with one attached hydrogen (secondary N) is 1. The summed E-state index contributed by atoms with van der Waals surface area (Å²) in [7, 11) is 3.28. The van der Waals surface area contributed by atoms with Crippen LogP contribution in [0, 0.1) is 5.82 Å². The number of methoxy groups -OCH3 is 1. The average Bonchev–Trinajstić information content (AvgIpc) is 2.53. The van der Waals surface area contributed by atoms with Gasteiger partial charge in [0.1, 0.15) is 5.75 Å². The molecule has 1 N–H and O–H groups in total. The van der Waals surface area contributed by atoms with Crippen molar-refractivity contribution in [2.24, 2.45) is 0 Å². The monoisotopic (exact) mass is 289 g/mol. The highest BCUT2D eigenvalue weighted by Crippen LogP contribution is 2.26. The Morgan fingerprint density at radius 2 is 1.86 bits per heavy atom. The summed E-state index contributed by atoms with van der Waals surface area (Å²) in [5.74, 6) is 0.759. The van der Waals surface area contributed by atoms with E-state index in [1.807, 2.05) is 37.4 Å². The molecule has 0 aromatic heterocycles. The quantitative estimate of drug-likeness (QED) is 0.845. The molecule has 2 rings (SSSR count). The number of benzene rings is 2. The normalized spacial score (nSPS) is 12.0. The molecule has 0 saturated heterocycles. The second-order valence-electron chi connectivity index (χ2n) is 4.65. The Bertz CT molecular complexity index is 560. The van der Waals surface area contributed by atoms with Crippen LogP contribution in [0.25, 0.3) is 0 Å². The van der Waals surface area contributed by atoms with Crippen LogP contribution in [0.3, 0.4) is 0 Å². The minimum absolute atomic E-state index is 0.121. The van der Waals surface area contributed by atoms with Gasteiger partial charge in [-0.05, 0) is 25.2 Å². The van der Waals surface area contributed by atoms with Crippen LogP contribution in [0.5, 0.6) is 11.5 Å². The summed E-state index contributed by atoms with van der Waals surface area (Å²) in [6, 6.07) is 14.6. The van der Waals surface area contributed by atoms with Gasteiger partial charge in [0.2, 0.25) is 0 Å². The zero-order valence-electron chi connectivity index (χ0n) is 12.3. The summed E-state index contributed by atoms with van der Waals surface area (Å²) in [5, 5.41) is 3.12. The molecule has 0 aliphatic rings. The van der Waals surface area contributed by atoms with Crippen molar-refractivity contribution < 1.29 is 13.9 Å². The smallest absolute Gasteiger partial charge is 0.169 e. The first-order valence-electron chi connectivity index (χ1n) is 6.93. The molecular formula is C17H20FNO2. The van der Waals surface area contributed by atoms with Gasteiger partial charge in [-0.15, -0.1) is 0 Å². The van der Waals surface area contributed by atoms with Gasteiger partial charge in [-0.2, -0.15) is 0 Å². The Kier molecular flexibility index (Phi) is 5.58. The fraction of sp³-hybridized carbons (Fsp3) is 0.294. The first kappa shape index (κ1) is 15.3. The van der Waals surface area contributed by atoms with E-state index < -0.39 is 0 Å². The lowest BCUT2D eigenvalue weighted by molar-refractivity contribution is 0.287. The Labute approximate surface area is 124 Å². The summed E-state index contributed by atoms with van der Waals surface area (Å²) >= 11 is 0. The van der Waals surface area contributed by atoms with Crippen LogP contribution in [-0.4, -0.2) is 20.8 Å². The van der Waals surface area contributed by atoms with Gasteiger partial charge >= 0.3 is 0 Å². The van der Waals surface area contributed by atoms with Crippen LogP contribution in [0.2, 0.25) is 0 Å². The van der Waals surface area contributed by atoms with Crippen LogP contribution in [0.15, 0.2) is 48.5 Å². The zero-order chi connectivity index (χ0) is 15.1. The molecule has 0 heterocycles. The lowest BCUT2D eigenvalue weighted by Crippen LogP contribution is -2.20. The predicted octanol–water partition coefficient (Wildman–Crippen LogP) is 3.56. The molecule has 0 spiro atoms. The Morgan fingerprint density at radius 3 is 2.52 bits per heavy atom. The van der Waals surface area contributed by atoms with Crippen molar-refractivity contribution >= 4 is 0 Å². The van der Waals surface area contributed by atoms with Crippen molar-refractivity contribution in [1.29, 1.82) is 0 Å². The molecule has 21 heavy (non-hydrogen) atoms. The summed E-state index contributed by atoms with van der Waals surface area (Å²) < 4.78 is 24.9. The molecular weight excluding hydrogens is 269 g/mol. The minimum Gasteiger partial charge on any atom is -0.494 e. The van der Waals surface area contributed by atoms with Gasteiger partial charge in [-0.1, -0.05) is 30.3 Å². The van der Waals surface area contributed by atoms with Crippen molar-refractivity contribution in [3.05, 3.63) is 59.9 Å². The van der Waals surface area contributed by atoms with Crippen LogP contribution >= 0.6 is 0 Å². The van der Waals surface area contributed by atoms with Crippen LogP contribution < -0.4 is 14.8 Å². The minimum atomic E-state index is -0.320. The summed E-state index contributed by atoms with van der Waals surface area (Å²) in [6.07, 6.45) is 0.662. The van der Waals surface area contributed by atoms with Gasteiger partial charge in [0, 0.05) is 18.0 Å². The third-order valence-corrected chi connectivity index (χ3v) is 3.36. The standard InChI is InChI=1S/C17H20FNO2/c1-19-15(11-12-21-13-7-4-3-5-8-13)14-9-6-10-16(20-2)17(14)18/h3-10,15,19H,11-12H2,1-2H3. The van der Waals surface area contributed by atoms with Crippen LogP contribution in [0.4, 0.5) is 4.39 Å². The summed E-state index contributed by atoms with van der Waals surface area (Å²) in [5.41, 5.74) is 0.591. The molecule has 0 bridgehead atoms. The highest BCUT2D eigenvalue weighted by atomic mass is 19.1. The van der Waals surface area contributed by atoms with Crippen LogP contribution in [0.1, 0.15) is 18.0 Å². The topological polar surface area (TPSA) is 30.5 Å². The fourth-order valence-electron chi connectivity index (χ4n) is 2.22. The Balaban J connectivity index is 2.00. The highest BCUT2D eigenvalue weighted by molar-refractivity contribution is 5.33. The Hall–Kier alpha value is -2.07. The number of ether oxygens (including phenoxy) is 2. The molecule has 112 valence electrons. The third-order valence-electron chi connectivity index (χ3n) is 3.36. The molecule has 1 atom stereocenters. The predicted molar refractivity (Wildman–Crippen MR) is 81.3 cm³/mol. The summed E-state index contributed by atoms with van der Waals surface area (Å²) in [6.45, 7) is 0.506. The van der Waals surface area contributed by atoms with Gasteiger partial charge in [-0.3, -0.25) is 0 Å². The van der Waals surface area contributed by atoms with E-state index in [-0.39, 0.29) is 17.6 Å². The van der Waals surface area contributed by atoms with Crippen molar-refractivity contribution in [3.8, 4) is 11.5 Å². The molecule has 3 nitrogen and oxygen atoms in total. The van der Waals surface area contributed by atoms with Gasteiger partial charge in [0.15, 0.2) is 11.6 Å². The number of hydrogen-bond donors (Lipinski definition) is 1. The number of hydrogen-bond acceptors (Lipinski definition) is 3. The van der Waals surface area contributed by atoms with Crippen molar-refractivity contribution in [3.63, 3.8) is 0 Å². The molecule has 0 amide bonds. The van der Waals surface area contributed by atoms with Crippen LogP contribution in [-0.2, 0) is 0 Å². The lowest BCUT2D eigenvalue weighted by Gasteiger charge is -2.18. The molecule has 0 fully saturated rings. The maximum Gasteiger partial charge on any atom is 0.169 e. The SMILES string of the molecule is CNC(CCOc1ccccc1)c1cccc(OC)c1F. The van der Waals surface area contributed by atoms with E-state index >= 15 is 0 Å². The van der Waals surface area contributed by atoms with Gasteiger partial charge in [-0.25, -0.2) is 4.39 Å². The van der Waals surface area contributed by atoms with Crippen molar-refractivity contribution in [2.75, 3.05) is 20.8 Å². The van der Waals surface area contributed by atoms with E-state index in [0.717, 1.165) is 5.75 Å². The van der Waals surface area contributed by atoms with E-state index in [9.17, 15) is 4.39 Å². The second kappa shape index (κ2) is 7.64. The number of halogens is 1. The maximum absolute atomic E-state index is 14.3. The van der Waals surface area contributed by atoms with Crippen molar-refractivity contribution in [1.82, 2.24) is 5.32 Å². The van der Waals surface area contributed by atoms with Gasteiger partial charge in [0.05, 0.1) is 13.7 Å². The molecule has 4 heteroatoms. The Morgan fingerprint density at radius 1 is 1.10 bits per heavy atom. The van der Waals surface area contributed by atoms with E-state index in [2.05, 4.69) is 5.32 Å². The fourth-order valence-corrected chi connectivity index (χ4v) is 2.22. The molecule has 0 radical (unpaired) electrons.